The van der Waals surface area contributed by atoms with E-state index >= 15 is 0 Å². The molecule has 0 aromatic carbocycles. The quantitative estimate of drug-likeness (QED) is 0.776. The van der Waals surface area contributed by atoms with Gasteiger partial charge in [-0.2, -0.15) is 4.98 Å². The summed E-state index contributed by atoms with van der Waals surface area (Å²) in [5.74, 6) is 0.915. The number of hydrogen-bond donors (Lipinski definition) is 2. The lowest BCUT2D eigenvalue weighted by Gasteiger charge is -1.95. The largest absolute Gasteiger partial charge is 0.368 e. The Labute approximate surface area is 90.9 Å². The lowest BCUT2D eigenvalue weighted by atomic mass is 10.4. The van der Waals surface area contributed by atoms with Crippen molar-refractivity contribution in [1.82, 2.24) is 19.7 Å². The average molecular weight is 224 g/mol. The maximum absolute atomic E-state index is 5.72. The van der Waals surface area contributed by atoms with Crippen molar-refractivity contribution in [2.45, 2.75) is 13.0 Å². The fraction of sp³-hybridized carbons (Fsp3) is 0.375. The molecule has 7 heteroatoms. The van der Waals surface area contributed by atoms with Crippen molar-refractivity contribution in [3.8, 4) is 11.5 Å². The zero-order valence-corrected chi connectivity index (χ0v) is 9.32. The molecule has 0 saturated heterocycles. The molecule has 0 bridgehead atoms. The van der Waals surface area contributed by atoms with Crippen molar-refractivity contribution in [2.24, 2.45) is 12.8 Å². The van der Waals surface area contributed by atoms with Crippen LogP contribution < -0.4 is 11.5 Å². The van der Waals surface area contributed by atoms with Gasteiger partial charge >= 0.3 is 0 Å². The molecule has 6 nitrogen and oxygen atoms in total. The summed E-state index contributed by atoms with van der Waals surface area (Å²) in [6, 6.07) is -0.0650. The standard InChI is InChI=1S/C8H12N6S/c1-4(9)7-11-5(3-15-7)6-12-8(10)14(2)13-6/h3-4H,9H2,1-2H3,(H2,10,12,13). The summed E-state index contributed by atoms with van der Waals surface area (Å²) >= 11 is 1.50. The molecule has 80 valence electrons. The molecule has 4 N–H and O–H groups in total. The number of nitrogen functional groups attached to an aromatic ring is 1. The molecule has 2 rings (SSSR count). The monoisotopic (exact) mass is 224 g/mol. The molecule has 0 saturated carbocycles. The lowest BCUT2D eigenvalue weighted by Crippen LogP contribution is -2.03. The van der Waals surface area contributed by atoms with Crippen molar-refractivity contribution in [3.63, 3.8) is 0 Å². The molecule has 0 aliphatic heterocycles. The Morgan fingerprint density at radius 1 is 1.47 bits per heavy atom. The van der Waals surface area contributed by atoms with E-state index in [9.17, 15) is 0 Å². The summed E-state index contributed by atoms with van der Waals surface area (Å²) in [7, 11) is 1.74. The van der Waals surface area contributed by atoms with Crippen LogP contribution in [-0.4, -0.2) is 19.7 Å². The van der Waals surface area contributed by atoms with E-state index < -0.39 is 0 Å². The van der Waals surface area contributed by atoms with E-state index in [1.54, 1.807) is 7.05 Å². The highest BCUT2D eigenvalue weighted by Gasteiger charge is 2.12. The first-order valence-corrected chi connectivity index (χ1v) is 5.34. The molecule has 0 aliphatic carbocycles. The highest BCUT2D eigenvalue weighted by atomic mass is 32.1. The Morgan fingerprint density at radius 3 is 2.67 bits per heavy atom. The molecule has 0 amide bonds. The van der Waals surface area contributed by atoms with Crippen LogP contribution in [0.2, 0.25) is 0 Å². The van der Waals surface area contributed by atoms with Crippen LogP contribution in [0.4, 0.5) is 5.95 Å². The summed E-state index contributed by atoms with van der Waals surface area (Å²) in [6.45, 7) is 1.89. The van der Waals surface area contributed by atoms with Gasteiger partial charge in [-0.1, -0.05) is 0 Å². The molecule has 0 radical (unpaired) electrons. The summed E-state index contributed by atoms with van der Waals surface area (Å²) in [4.78, 5) is 8.42. The predicted molar refractivity (Wildman–Crippen MR) is 59.1 cm³/mol. The van der Waals surface area contributed by atoms with Crippen LogP contribution in [-0.2, 0) is 7.05 Å². The van der Waals surface area contributed by atoms with E-state index in [1.165, 1.54) is 16.0 Å². The highest BCUT2D eigenvalue weighted by molar-refractivity contribution is 7.10. The van der Waals surface area contributed by atoms with Crippen LogP contribution in [0.3, 0.4) is 0 Å². The third-order valence-corrected chi connectivity index (χ3v) is 2.98. The first-order chi connectivity index (χ1) is 7.08. The summed E-state index contributed by atoms with van der Waals surface area (Å²) in [6.07, 6.45) is 0. The second kappa shape index (κ2) is 3.59. The third-order valence-electron chi connectivity index (χ3n) is 1.94. The van der Waals surface area contributed by atoms with E-state index in [1.807, 2.05) is 12.3 Å². The summed E-state index contributed by atoms with van der Waals surface area (Å²) in [5.41, 5.74) is 12.0. The van der Waals surface area contributed by atoms with E-state index in [2.05, 4.69) is 15.1 Å². The average Bonchev–Trinajstić information content (AvgIpc) is 2.74. The van der Waals surface area contributed by atoms with Crippen LogP contribution >= 0.6 is 11.3 Å². The normalized spacial score (nSPS) is 13.0. The maximum Gasteiger partial charge on any atom is 0.218 e. The van der Waals surface area contributed by atoms with E-state index in [0.29, 0.717) is 11.8 Å². The molecule has 2 heterocycles. The molecule has 1 atom stereocenters. The van der Waals surface area contributed by atoms with Crippen LogP contribution in [0.15, 0.2) is 5.38 Å². The Bertz CT molecular complexity index is 452. The number of thiazole rings is 1. The van der Waals surface area contributed by atoms with Gasteiger partial charge in [0.25, 0.3) is 0 Å². The van der Waals surface area contributed by atoms with Gasteiger partial charge in [0.15, 0.2) is 0 Å². The fourth-order valence-corrected chi connectivity index (χ4v) is 1.86. The third kappa shape index (κ3) is 1.83. The number of aryl methyl sites for hydroxylation is 1. The Kier molecular flexibility index (Phi) is 2.41. The van der Waals surface area contributed by atoms with Crippen LogP contribution in [0.1, 0.15) is 18.0 Å². The predicted octanol–water partition coefficient (Wildman–Crippen LogP) is 0.540. The first kappa shape index (κ1) is 10.1. The number of nitrogens with two attached hydrogens (primary N) is 2. The number of rotatable bonds is 2. The lowest BCUT2D eigenvalue weighted by molar-refractivity contribution is 0.778. The van der Waals surface area contributed by atoms with Gasteiger partial charge < -0.3 is 11.5 Å². The van der Waals surface area contributed by atoms with Gasteiger partial charge in [0.1, 0.15) is 10.7 Å². The molecule has 15 heavy (non-hydrogen) atoms. The van der Waals surface area contributed by atoms with Gasteiger partial charge in [0.05, 0.1) is 6.04 Å². The number of hydrogen-bond acceptors (Lipinski definition) is 6. The van der Waals surface area contributed by atoms with Crippen LogP contribution in [0, 0.1) is 0 Å². The minimum atomic E-state index is -0.0650. The zero-order valence-electron chi connectivity index (χ0n) is 8.51. The minimum Gasteiger partial charge on any atom is -0.368 e. The van der Waals surface area contributed by atoms with Gasteiger partial charge in [-0.15, -0.1) is 16.4 Å². The van der Waals surface area contributed by atoms with Crippen molar-refractivity contribution in [2.75, 3.05) is 5.73 Å². The van der Waals surface area contributed by atoms with Gasteiger partial charge in [-0.3, -0.25) is 0 Å². The van der Waals surface area contributed by atoms with Crippen molar-refractivity contribution in [1.29, 1.82) is 0 Å². The number of nitrogens with zero attached hydrogens (tertiary/aromatic N) is 4. The van der Waals surface area contributed by atoms with E-state index in [4.69, 9.17) is 11.5 Å². The molecule has 0 fully saturated rings. The van der Waals surface area contributed by atoms with Crippen molar-refractivity contribution < 1.29 is 0 Å². The first-order valence-electron chi connectivity index (χ1n) is 4.46. The van der Waals surface area contributed by atoms with Gasteiger partial charge in [0.2, 0.25) is 11.8 Å². The molecule has 2 aromatic heterocycles. The van der Waals surface area contributed by atoms with Crippen molar-refractivity contribution >= 4 is 17.3 Å². The summed E-state index contributed by atoms with van der Waals surface area (Å²) in [5, 5.41) is 6.89. The number of anilines is 1. The molecular weight excluding hydrogens is 212 g/mol. The molecule has 0 spiro atoms. The maximum atomic E-state index is 5.72. The topological polar surface area (TPSA) is 95.6 Å². The fourth-order valence-electron chi connectivity index (χ4n) is 1.10. The summed E-state index contributed by atoms with van der Waals surface area (Å²) < 4.78 is 1.51. The zero-order chi connectivity index (χ0) is 11.0. The van der Waals surface area contributed by atoms with Crippen LogP contribution in [0.25, 0.3) is 11.5 Å². The second-order valence-corrected chi connectivity index (χ2v) is 4.17. The smallest absolute Gasteiger partial charge is 0.218 e. The molecule has 0 aliphatic rings. The molecular formula is C8H12N6S. The van der Waals surface area contributed by atoms with Crippen LogP contribution in [0.5, 0.6) is 0 Å². The van der Waals surface area contributed by atoms with E-state index in [0.717, 1.165) is 10.7 Å². The van der Waals surface area contributed by atoms with Gasteiger partial charge in [0, 0.05) is 12.4 Å². The van der Waals surface area contributed by atoms with Gasteiger partial charge in [-0.25, -0.2) is 9.67 Å². The minimum absolute atomic E-state index is 0.0650. The second-order valence-electron chi connectivity index (χ2n) is 3.28. The SMILES string of the molecule is CC(N)c1nc(-c2nc(N)n(C)n2)cs1. The Balaban J connectivity index is 2.37. The molecule has 2 aromatic rings. The Hall–Kier alpha value is -1.47. The Morgan fingerprint density at radius 2 is 2.20 bits per heavy atom. The van der Waals surface area contributed by atoms with Gasteiger partial charge in [-0.05, 0) is 6.92 Å². The van der Waals surface area contributed by atoms with E-state index in [-0.39, 0.29) is 6.04 Å². The highest BCUT2D eigenvalue weighted by Crippen LogP contribution is 2.22. The molecule has 1 unspecified atom stereocenters. The van der Waals surface area contributed by atoms with Crippen molar-refractivity contribution in [3.05, 3.63) is 10.4 Å². The number of aromatic nitrogens is 4.